The third-order valence-corrected chi connectivity index (χ3v) is 2.74. The van der Waals surface area contributed by atoms with Gasteiger partial charge in [0.2, 0.25) is 5.91 Å². The standard InChI is InChI=1S/C14H17N5O2/c1-10(20)16-6-7-17-14(21)13-5-8-19(18-13)12-4-2-3-11(15)9-12/h2-5,8-9H,6-7,15H2,1H3,(H,16,20)(H,17,21). The number of amides is 2. The van der Waals surface area contributed by atoms with Crippen LogP contribution < -0.4 is 16.4 Å². The highest BCUT2D eigenvalue weighted by molar-refractivity contribution is 5.92. The summed E-state index contributed by atoms with van der Waals surface area (Å²) in [6.07, 6.45) is 1.69. The molecule has 110 valence electrons. The molecule has 0 aliphatic rings. The summed E-state index contributed by atoms with van der Waals surface area (Å²) in [6.45, 7) is 2.16. The Morgan fingerprint density at radius 3 is 2.71 bits per heavy atom. The number of nitrogens with zero attached hydrogens (tertiary/aromatic N) is 2. The van der Waals surface area contributed by atoms with Gasteiger partial charge < -0.3 is 16.4 Å². The van der Waals surface area contributed by atoms with Crippen molar-refractivity contribution in [1.82, 2.24) is 20.4 Å². The van der Waals surface area contributed by atoms with Crippen molar-refractivity contribution in [2.45, 2.75) is 6.92 Å². The van der Waals surface area contributed by atoms with Gasteiger partial charge in [-0.3, -0.25) is 9.59 Å². The lowest BCUT2D eigenvalue weighted by Gasteiger charge is -2.04. The molecule has 0 bridgehead atoms. The van der Waals surface area contributed by atoms with E-state index in [4.69, 9.17) is 5.73 Å². The summed E-state index contributed by atoms with van der Waals surface area (Å²) in [7, 11) is 0. The molecule has 2 aromatic rings. The van der Waals surface area contributed by atoms with Gasteiger partial charge in [-0.25, -0.2) is 4.68 Å². The van der Waals surface area contributed by atoms with Crippen LogP contribution in [-0.2, 0) is 4.79 Å². The Kier molecular flexibility index (Phi) is 4.55. The molecule has 0 fully saturated rings. The van der Waals surface area contributed by atoms with Crippen LogP contribution in [0.15, 0.2) is 36.5 Å². The lowest BCUT2D eigenvalue weighted by atomic mass is 10.3. The Bertz CT molecular complexity index is 650. The first kappa shape index (κ1) is 14.6. The second-order valence-electron chi connectivity index (χ2n) is 4.48. The van der Waals surface area contributed by atoms with Crippen molar-refractivity contribution in [1.29, 1.82) is 0 Å². The fourth-order valence-corrected chi connectivity index (χ4v) is 1.76. The Morgan fingerprint density at radius 1 is 1.24 bits per heavy atom. The molecule has 2 amide bonds. The van der Waals surface area contributed by atoms with Crippen LogP contribution in [0.5, 0.6) is 0 Å². The smallest absolute Gasteiger partial charge is 0.271 e. The highest BCUT2D eigenvalue weighted by Gasteiger charge is 2.09. The van der Waals surface area contributed by atoms with Gasteiger partial charge in [0.05, 0.1) is 5.69 Å². The van der Waals surface area contributed by atoms with E-state index in [-0.39, 0.29) is 11.8 Å². The molecule has 4 N–H and O–H groups in total. The number of hydrogen-bond acceptors (Lipinski definition) is 4. The molecular formula is C14H17N5O2. The van der Waals surface area contributed by atoms with Crippen LogP contribution in [0.3, 0.4) is 0 Å². The molecule has 2 rings (SSSR count). The fourth-order valence-electron chi connectivity index (χ4n) is 1.76. The van der Waals surface area contributed by atoms with Crippen LogP contribution in [0.2, 0.25) is 0 Å². The zero-order valence-electron chi connectivity index (χ0n) is 11.7. The van der Waals surface area contributed by atoms with Crippen LogP contribution in [0.1, 0.15) is 17.4 Å². The average Bonchev–Trinajstić information content (AvgIpc) is 2.93. The van der Waals surface area contributed by atoms with Crippen molar-refractivity contribution in [2.75, 3.05) is 18.8 Å². The Balaban J connectivity index is 1.96. The van der Waals surface area contributed by atoms with Crippen LogP contribution in [0, 0.1) is 0 Å². The van der Waals surface area contributed by atoms with Gasteiger partial charge in [-0.2, -0.15) is 5.10 Å². The maximum atomic E-state index is 11.9. The zero-order valence-corrected chi connectivity index (χ0v) is 11.7. The van der Waals surface area contributed by atoms with Gasteiger partial charge in [0, 0.05) is 31.9 Å². The number of nitrogens with one attached hydrogen (secondary N) is 2. The van der Waals surface area contributed by atoms with Crippen molar-refractivity contribution in [3.05, 3.63) is 42.2 Å². The summed E-state index contributed by atoms with van der Waals surface area (Å²) >= 11 is 0. The second kappa shape index (κ2) is 6.56. The van der Waals surface area contributed by atoms with E-state index < -0.39 is 0 Å². The molecule has 0 saturated heterocycles. The molecule has 1 aromatic carbocycles. The van der Waals surface area contributed by atoms with E-state index >= 15 is 0 Å². The number of carbonyl (C=O) groups excluding carboxylic acids is 2. The molecule has 21 heavy (non-hydrogen) atoms. The number of carbonyl (C=O) groups is 2. The summed E-state index contributed by atoms with van der Waals surface area (Å²) in [5.74, 6) is -0.418. The van der Waals surface area contributed by atoms with Crippen molar-refractivity contribution in [3.8, 4) is 5.69 Å². The van der Waals surface area contributed by atoms with Crippen LogP contribution in [0.25, 0.3) is 5.69 Å². The average molecular weight is 287 g/mol. The first-order valence-electron chi connectivity index (χ1n) is 6.50. The molecule has 7 nitrogen and oxygen atoms in total. The molecule has 1 heterocycles. The monoisotopic (exact) mass is 287 g/mol. The lowest BCUT2D eigenvalue weighted by molar-refractivity contribution is -0.118. The van der Waals surface area contributed by atoms with Gasteiger partial charge in [-0.1, -0.05) is 6.07 Å². The van der Waals surface area contributed by atoms with E-state index in [9.17, 15) is 9.59 Å². The van der Waals surface area contributed by atoms with Crippen molar-refractivity contribution >= 4 is 17.5 Å². The zero-order chi connectivity index (χ0) is 15.2. The van der Waals surface area contributed by atoms with E-state index in [1.54, 1.807) is 29.1 Å². The molecule has 0 saturated carbocycles. The molecule has 0 aliphatic heterocycles. The topological polar surface area (TPSA) is 102 Å². The Morgan fingerprint density at radius 2 is 2.00 bits per heavy atom. The third-order valence-electron chi connectivity index (χ3n) is 2.74. The van der Waals surface area contributed by atoms with E-state index in [0.717, 1.165) is 5.69 Å². The first-order chi connectivity index (χ1) is 10.1. The first-order valence-corrected chi connectivity index (χ1v) is 6.50. The van der Waals surface area contributed by atoms with E-state index in [1.807, 2.05) is 12.1 Å². The Labute approximate surface area is 122 Å². The van der Waals surface area contributed by atoms with Gasteiger partial charge in [0.1, 0.15) is 0 Å². The van der Waals surface area contributed by atoms with Gasteiger partial charge in [0.25, 0.3) is 5.91 Å². The van der Waals surface area contributed by atoms with Gasteiger partial charge >= 0.3 is 0 Å². The summed E-state index contributed by atoms with van der Waals surface area (Å²) in [5, 5.41) is 9.47. The number of benzene rings is 1. The van der Waals surface area contributed by atoms with Gasteiger partial charge in [0.15, 0.2) is 5.69 Å². The predicted octanol–water partition coefficient (Wildman–Crippen LogP) is 0.320. The summed E-state index contributed by atoms with van der Waals surface area (Å²) < 4.78 is 1.58. The molecule has 0 radical (unpaired) electrons. The lowest BCUT2D eigenvalue weighted by Crippen LogP contribution is -2.33. The minimum atomic E-state index is -0.289. The number of nitrogens with two attached hydrogens (primary N) is 1. The molecule has 7 heteroatoms. The SMILES string of the molecule is CC(=O)NCCNC(=O)c1ccn(-c2cccc(N)c2)n1. The summed E-state index contributed by atoms with van der Waals surface area (Å²) in [5.41, 5.74) is 7.43. The predicted molar refractivity (Wildman–Crippen MR) is 79.0 cm³/mol. The van der Waals surface area contributed by atoms with Crippen LogP contribution in [0.4, 0.5) is 5.69 Å². The minimum absolute atomic E-state index is 0.129. The maximum absolute atomic E-state index is 11.9. The number of aromatic nitrogens is 2. The molecular weight excluding hydrogens is 270 g/mol. The summed E-state index contributed by atoms with van der Waals surface area (Å²) in [4.78, 5) is 22.6. The third kappa shape index (κ3) is 4.07. The molecule has 0 aliphatic carbocycles. The van der Waals surface area contributed by atoms with E-state index in [2.05, 4.69) is 15.7 Å². The Hall–Kier alpha value is -2.83. The molecule has 1 aromatic heterocycles. The largest absolute Gasteiger partial charge is 0.399 e. The molecule has 0 spiro atoms. The van der Waals surface area contributed by atoms with Gasteiger partial charge in [-0.05, 0) is 24.3 Å². The van der Waals surface area contributed by atoms with E-state index in [0.29, 0.717) is 24.5 Å². The fraction of sp³-hybridized carbons (Fsp3) is 0.214. The van der Waals surface area contributed by atoms with Crippen molar-refractivity contribution in [2.24, 2.45) is 0 Å². The highest BCUT2D eigenvalue weighted by atomic mass is 16.2. The molecule has 0 unspecified atom stereocenters. The highest BCUT2D eigenvalue weighted by Crippen LogP contribution is 2.11. The van der Waals surface area contributed by atoms with Crippen LogP contribution in [-0.4, -0.2) is 34.7 Å². The number of nitrogen functional groups attached to an aromatic ring is 1. The summed E-state index contributed by atoms with van der Waals surface area (Å²) in [6, 6.07) is 8.84. The maximum Gasteiger partial charge on any atom is 0.271 e. The van der Waals surface area contributed by atoms with Crippen molar-refractivity contribution < 1.29 is 9.59 Å². The normalized spacial score (nSPS) is 10.1. The van der Waals surface area contributed by atoms with Crippen LogP contribution >= 0.6 is 0 Å². The quantitative estimate of drug-likeness (QED) is 0.544. The van der Waals surface area contributed by atoms with Crippen molar-refractivity contribution in [3.63, 3.8) is 0 Å². The minimum Gasteiger partial charge on any atom is -0.399 e. The molecule has 0 atom stereocenters. The van der Waals surface area contributed by atoms with E-state index in [1.165, 1.54) is 6.92 Å². The second-order valence-corrected chi connectivity index (χ2v) is 4.48. The number of anilines is 1. The number of hydrogen-bond donors (Lipinski definition) is 3. The number of rotatable bonds is 5. The van der Waals surface area contributed by atoms with Gasteiger partial charge in [-0.15, -0.1) is 0 Å².